The van der Waals surface area contributed by atoms with Crippen molar-refractivity contribution in [3.05, 3.63) is 52.0 Å². The van der Waals surface area contributed by atoms with Gasteiger partial charge in [-0.1, -0.05) is 6.07 Å². The molecule has 0 fully saturated rings. The van der Waals surface area contributed by atoms with Gasteiger partial charge in [-0.15, -0.1) is 11.3 Å². The molecule has 0 aromatic carbocycles. The van der Waals surface area contributed by atoms with E-state index in [-0.39, 0.29) is 5.91 Å². The van der Waals surface area contributed by atoms with Crippen molar-refractivity contribution in [1.82, 2.24) is 15.0 Å². The molecule has 0 aliphatic heterocycles. The van der Waals surface area contributed by atoms with Crippen LogP contribution in [0.25, 0.3) is 0 Å². The fourth-order valence-corrected chi connectivity index (χ4v) is 3.15. The Kier molecular flexibility index (Phi) is 5.64. The molecule has 0 spiro atoms. The van der Waals surface area contributed by atoms with Crippen molar-refractivity contribution >= 4 is 27.3 Å². The average molecular weight is 339 g/mol. The zero-order chi connectivity index (χ0) is 16.0. The van der Waals surface area contributed by atoms with E-state index in [1.807, 2.05) is 24.3 Å². The van der Waals surface area contributed by atoms with Crippen molar-refractivity contribution in [3.63, 3.8) is 0 Å². The summed E-state index contributed by atoms with van der Waals surface area (Å²) in [6.45, 7) is 0.705. The van der Waals surface area contributed by atoms with Crippen molar-refractivity contribution in [2.75, 3.05) is 12.8 Å². The van der Waals surface area contributed by atoms with Crippen molar-refractivity contribution in [1.29, 1.82) is 0 Å². The Morgan fingerprint density at radius 1 is 1.27 bits per heavy atom. The molecule has 8 heteroatoms. The highest BCUT2D eigenvalue weighted by Crippen LogP contribution is 2.16. The van der Waals surface area contributed by atoms with Crippen LogP contribution in [0.4, 0.5) is 0 Å². The first kappa shape index (κ1) is 16.6. The van der Waals surface area contributed by atoms with Crippen LogP contribution in [-0.4, -0.2) is 32.1 Å². The molecule has 1 amide bonds. The lowest BCUT2D eigenvalue weighted by Gasteiger charge is -2.02. The van der Waals surface area contributed by atoms with Crippen LogP contribution in [0.1, 0.15) is 20.2 Å². The number of pyridine rings is 1. The highest BCUT2D eigenvalue weighted by molar-refractivity contribution is 7.88. The van der Waals surface area contributed by atoms with Crippen molar-refractivity contribution < 1.29 is 13.2 Å². The second-order valence-corrected chi connectivity index (χ2v) is 7.69. The molecule has 2 aromatic heterocycles. The lowest BCUT2D eigenvalue weighted by molar-refractivity contribution is 0.0954. The molecule has 0 saturated heterocycles. The SMILES string of the molecule is CS(=O)(=O)NCCc1ccc(C(=O)NCc2ccccn2)s1. The van der Waals surface area contributed by atoms with Crippen LogP contribution in [0.3, 0.4) is 0 Å². The number of thiophene rings is 1. The monoisotopic (exact) mass is 339 g/mol. The Morgan fingerprint density at radius 2 is 2.09 bits per heavy atom. The molecule has 0 radical (unpaired) electrons. The molecular weight excluding hydrogens is 322 g/mol. The average Bonchev–Trinajstić information content (AvgIpc) is 2.93. The largest absolute Gasteiger partial charge is 0.346 e. The fourth-order valence-electron chi connectivity index (χ4n) is 1.75. The first-order chi connectivity index (χ1) is 10.4. The van der Waals surface area contributed by atoms with E-state index >= 15 is 0 Å². The van der Waals surface area contributed by atoms with Gasteiger partial charge in [-0.05, 0) is 30.7 Å². The van der Waals surface area contributed by atoms with Crippen LogP contribution < -0.4 is 10.0 Å². The first-order valence-corrected chi connectivity index (χ1v) is 9.36. The minimum Gasteiger partial charge on any atom is -0.346 e. The topological polar surface area (TPSA) is 88.2 Å². The third-order valence-electron chi connectivity index (χ3n) is 2.78. The molecule has 2 aromatic rings. The fraction of sp³-hybridized carbons (Fsp3) is 0.286. The molecular formula is C14H17N3O3S2. The van der Waals surface area contributed by atoms with Gasteiger partial charge in [-0.25, -0.2) is 13.1 Å². The molecule has 2 rings (SSSR count). The molecule has 0 bridgehead atoms. The summed E-state index contributed by atoms with van der Waals surface area (Å²) in [5.41, 5.74) is 0.796. The van der Waals surface area contributed by atoms with E-state index in [2.05, 4.69) is 15.0 Å². The maximum atomic E-state index is 12.0. The lowest BCUT2D eigenvalue weighted by Crippen LogP contribution is -2.24. The maximum Gasteiger partial charge on any atom is 0.261 e. The summed E-state index contributed by atoms with van der Waals surface area (Å²) in [6, 6.07) is 9.11. The van der Waals surface area contributed by atoms with Crippen LogP contribution in [0.15, 0.2) is 36.5 Å². The zero-order valence-corrected chi connectivity index (χ0v) is 13.7. The molecule has 2 N–H and O–H groups in total. The predicted octanol–water partition coefficient (Wildman–Crippen LogP) is 1.16. The molecule has 0 aliphatic carbocycles. The highest BCUT2D eigenvalue weighted by atomic mass is 32.2. The molecule has 0 aliphatic rings. The minimum atomic E-state index is -3.17. The van der Waals surface area contributed by atoms with Gasteiger partial charge in [-0.2, -0.15) is 0 Å². The number of nitrogens with zero attached hydrogens (tertiary/aromatic N) is 1. The number of carbonyl (C=O) groups is 1. The maximum absolute atomic E-state index is 12.0. The molecule has 2 heterocycles. The molecule has 0 atom stereocenters. The van der Waals surface area contributed by atoms with Crippen LogP contribution >= 0.6 is 11.3 Å². The number of amides is 1. The molecule has 0 unspecified atom stereocenters. The summed E-state index contributed by atoms with van der Waals surface area (Å²) in [4.78, 5) is 17.7. The molecule has 6 nitrogen and oxygen atoms in total. The third kappa shape index (κ3) is 5.55. The van der Waals surface area contributed by atoms with Crippen LogP contribution in [0.2, 0.25) is 0 Å². The Labute approximate surface area is 133 Å². The second kappa shape index (κ2) is 7.48. The number of hydrogen-bond acceptors (Lipinski definition) is 5. The van der Waals surface area contributed by atoms with Gasteiger partial charge < -0.3 is 5.32 Å². The Hall–Kier alpha value is -1.77. The number of nitrogens with one attached hydrogen (secondary N) is 2. The lowest BCUT2D eigenvalue weighted by atomic mass is 10.3. The van der Waals surface area contributed by atoms with Crippen LogP contribution in [0, 0.1) is 0 Å². The zero-order valence-electron chi connectivity index (χ0n) is 12.1. The summed E-state index contributed by atoms with van der Waals surface area (Å²) < 4.78 is 24.4. The van der Waals surface area contributed by atoms with E-state index in [4.69, 9.17) is 0 Å². The molecule has 22 heavy (non-hydrogen) atoms. The Bertz CT molecular complexity index is 727. The van der Waals surface area contributed by atoms with Crippen molar-refractivity contribution in [3.8, 4) is 0 Å². The summed E-state index contributed by atoms with van der Waals surface area (Å²) >= 11 is 1.36. The van der Waals surface area contributed by atoms with E-state index < -0.39 is 10.0 Å². The Morgan fingerprint density at radius 3 is 2.77 bits per heavy atom. The number of carbonyl (C=O) groups excluding carboxylic acids is 1. The summed E-state index contributed by atoms with van der Waals surface area (Å²) in [5, 5.41) is 2.81. The Balaban J connectivity index is 1.84. The smallest absolute Gasteiger partial charge is 0.261 e. The highest BCUT2D eigenvalue weighted by Gasteiger charge is 2.09. The van der Waals surface area contributed by atoms with Gasteiger partial charge in [0.2, 0.25) is 10.0 Å². The quantitative estimate of drug-likeness (QED) is 0.792. The van der Waals surface area contributed by atoms with Gasteiger partial charge >= 0.3 is 0 Å². The second-order valence-electron chi connectivity index (χ2n) is 4.69. The van der Waals surface area contributed by atoms with Crippen LogP contribution in [-0.2, 0) is 23.0 Å². The van der Waals surface area contributed by atoms with Gasteiger partial charge in [0.15, 0.2) is 0 Å². The number of hydrogen-bond donors (Lipinski definition) is 2. The minimum absolute atomic E-state index is 0.155. The standard InChI is InChI=1S/C14H17N3O3S2/c1-22(19,20)17-9-7-12-5-6-13(21-12)14(18)16-10-11-4-2-3-8-15-11/h2-6,8,17H,7,9-10H2,1H3,(H,16,18). The predicted molar refractivity (Wildman–Crippen MR) is 86.3 cm³/mol. The first-order valence-electron chi connectivity index (χ1n) is 6.65. The van der Waals surface area contributed by atoms with E-state index in [9.17, 15) is 13.2 Å². The van der Waals surface area contributed by atoms with E-state index in [1.54, 1.807) is 12.3 Å². The summed E-state index contributed by atoms with van der Waals surface area (Å²) in [6.07, 6.45) is 3.36. The summed E-state index contributed by atoms with van der Waals surface area (Å²) in [5.74, 6) is -0.155. The van der Waals surface area contributed by atoms with Gasteiger partial charge in [-0.3, -0.25) is 9.78 Å². The van der Waals surface area contributed by atoms with Crippen LogP contribution in [0.5, 0.6) is 0 Å². The van der Waals surface area contributed by atoms with Crippen molar-refractivity contribution in [2.45, 2.75) is 13.0 Å². The third-order valence-corrected chi connectivity index (χ3v) is 4.65. The van der Waals surface area contributed by atoms with Gasteiger partial charge in [0.25, 0.3) is 5.91 Å². The van der Waals surface area contributed by atoms with E-state index in [0.29, 0.717) is 24.4 Å². The van der Waals surface area contributed by atoms with Gasteiger partial charge in [0.1, 0.15) is 0 Å². The molecule has 118 valence electrons. The van der Waals surface area contributed by atoms with E-state index in [1.165, 1.54) is 11.3 Å². The molecule has 0 saturated carbocycles. The van der Waals surface area contributed by atoms with Gasteiger partial charge in [0, 0.05) is 17.6 Å². The number of rotatable bonds is 7. The van der Waals surface area contributed by atoms with E-state index in [0.717, 1.165) is 16.8 Å². The number of aromatic nitrogens is 1. The van der Waals surface area contributed by atoms with Crippen molar-refractivity contribution in [2.24, 2.45) is 0 Å². The van der Waals surface area contributed by atoms with Gasteiger partial charge in [0.05, 0.1) is 23.4 Å². The summed E-state index contributed by atoms with van der Waals surface area (Å²) in [7, 11) is -3.17. The normalized spacial score (nSPS) is 11.3. The number of sulfonamides is 1.